The van der Waals surface area contributed by atoms with Crippen molar-refractivity contribution in [3.8, 4) is 0 Å². The molecule has 2 N–H and O–H groups in total. The first-order valence-electron chi connectivity index (χ1n) is 5.29. The first-order valence-corrected chi connectivity index (χ1v) is 5.29. The van der Waals surface area contributed by atoms with Crippen LogP contribution in [0.3, 0.4) is 0 Å². The van der Waals surface area contributed by atoms with Crippen LogP contribution in [0.15, 0.2) is 18.2 Å². The minimum absolute atomic E-state index is 0.219. The Labute approximate surface area is 89.1 Å². The van der Waals surface area contributed by atoms with E-state index in [9.17, 15) is 4.79 Å². The van der Waals surface area contributed by atoms with Gasteiger partial charge >= 0.3 is 5.97 Å². The SMILES string of the molecule is O=C(O)CCc1cccc2c1CNCC2. The van der Waals surface area contributed by atoms with Gasteiger partial charge in [0.05, 0.1) is 0 Å². The Morgan fingerprint density at radius 3 is 3.13 bits per heavy atom. The topological polar surface area (TPSA) is 49.3 Å². The van der Waals surface area contributed by atoms with Crippen molar-refractivity contribution in [2.45, 2.75) is 25.8 Å². The summed E-state index contributed by atoms with van der Waals surface area (Å²) in [5.74, 6) is -0.726. The minimum atomic E-state index is -0.726. The van der Waals surface area contributed by atoms with Gasteiger partial charge < -0.3 is 10.4 Å². The normalized spacial score (nSPS) is 14.7. The Morgan fingerprint density at radius 2 is 2.33 bits per heavy atom. The maximum atomic E-state index is 10.5. The number of carbonyl (C=O) groups is 1. The van der Waals surface area contributed by atoms with Gasteiger partial charge in [-0.05, 0) is 36.1 Å². The van der Waals surface area contributed by atoms with Crippen molar-refractivity contribution in [3.63, 3.8) is 0 Å². The molecule has 0 aliphatic carbocycles. The molecule has 0 unspecified atom stereocenters. The number of nitrogens with one attached hydrogen (secondary N) is 1. The van der Waals surface area contributed by atoms with E-state index >= 15 is 0 Å². The average Bonchev–Trinajstić information content (AvgIpc) is 2.26. The molecule has 0 amide bonds. The third-order valence-electron chi connectivity index (χ3n) is 2.85. The highest BCUT2D eigenvalue weighted by Gasteiger charge is 2.12. The third kappa shape index (κ3) is 2.36. The van der Waals surface area contributed by atoms with Crippen molar-refractivity contribution in [2.24, 2.45) is 0 Å². The van der Waals surface area contributed by atoms with Gasteiger partial charge in [-0.1, -0.05) is 18.2 Å². The lowest BCUT2D eigenvalue weighted by Crippen LogP contribution is -2.24. The molecular weight excluding hydrogens is 190 g/mol. The summed E-state index contributed by atoms with van der Waals surface area (Å²) in [4.78, 5) is 10.5. The molecule has 1 aromatic carbocycles. The van der Waals surface area contributed by atoms with Crippen LogP contribution in [0.25, 0.3) is 0 Å². The summed E-state index contributed by atoms with van der Waals surface area (Å²) in [6.07, 6.45) is 1.91. The van der Waals surface area contributed by atoms with Crippen LogP contribution in [0, 0.1) is 0 Å². The second kappa shape index (κ2) is 4.45. The van der Waals surface area contributed by atoms with Crippen molar-refractivity contribution in [3.05, 3.63) is 34.9 Å². The first-order chi connectivity index (χ1) is 7.27. The van der Waals surface area contributed by atoms with Crippen LogP contribution in [0.1, 0.15) is 23.1 Å². The van der Waals surface area contributed by atoms with E-state index in [1.54, 1.807) is 0 Å². The largest absolute Gasteiger partial charge is 0.481 e. The first kappa shape index (κ1) is 10.2. The molecule has 15 heavy (non-hydrogen) atoms. The van der Waals surface area contributed by atoms with Gasteiger partial charge in [-0.3, -0.25) is 4.79 Å². The van der Waals surface area contributed by atoms with Gasteiger partial charge in [0.1, 0.15) is 0 Å². The molecule has 0 spiro atoms. The summed E-state index contributed by atoms with van der Waals surface area (Å²) < 4.78 is 0. The van der Waals surface area contributed by atoms with Crippen molar-refractivity contribution < 1.29 is 9.90 Å². The van der Waals surface area contributed by atoms with Gasteiger partial charge in [0, 0.05) is 13.0 Å². The molecule has 1 aliphatic heterocycles. The van der Waals surface area contributed by atoms with E-state index in [-0.39, 0.29) is 6.42 Å². The standard InChI is InChI=1S/C12H15NO2/c14-12(15)5-4-9-2-1-3-10-6-7-13-8-11(9)10/h1-3,13H,4-8H2,(H,14,15). The van der Waals surface area contributed by atoms with Gasteiger partial charge in [0.15, 0.2) is 0 Å². The molecule has 80 valence electrons. The Hall–Kier alpha value is -1.35. The fourth-order valence-corrected chi connectivity index (χ4v) is 2.06. The highest BCUT2D eigenvalue weighted by molar-refractivity contribution is 5.67. The summed E-state index contributed by atoms with van der Waals surface area (Å²) in [5, 5.41) is 12.0. The molecule has 3 nitrogen and oxygen atoms in total. The number of carboxylic acids is 1. The molecule has 2 rings (SSSR count). The molecule has 1 aromatic rings. The Kier molecular flexibility index (Phi) is 3.02. The lowest BCUT2D eigenvalue weighted by molar-refractivity contribution is -0.136. The second-order valence-electron chi connectivity index (χ2n) is 3.88. The third-order valence-corrected chi connectivity index (χ3v) is 2.85. The second-order valence-corrected chi connectivity index (χ2v) is 3.88. The van der Waals surface area contributed by atoms with E-state index in [0.29, 0.717) is 6.42 Å². The number of aliphatic carboxylic acids is 1. The Morgan fingerprint density at radius 1 is 1.47 bits per heavy atom. The quantitative estimate of drug-likeness (QED) is 0.783. The van der Waals surface area contributed by atoms with E-state index < -0.39 is 5.97 Å². The maximum Gasteiger partial charge on any atom is 0.303 e. The predicted octanol–water partition coefficient (Wildman–Crippen LogP) is 1.35. The molecule has 1 aliphatic rings. The van der Waals surface area contributed by atoms with Crippen molar-refractivity contribution in [1.82, 2.24) is 5.32 Å². The molecule has 0 atom stereocenters. The van der Waals surface area contributed by atoms with Crippen molar-refractivity contribution in [2.75, 3.05) is 6.54 Å². The maximum absolute atomic E-state index is 10.5. The molecule has 3 heteroatoms. The van der Waals surface area contributed by atoms with Gasteiger partial charge in [0.25, 0.3) is 0 Å². The summed E-state index contributed by atoms with van der Waals surface area (Å²) in [5.41, 5.74) is 3.86. The molecule has 1 heterocycles. The van der Waals surface area contributed by atoms with Crippen molar-refractivity contribution in [1.29, 1.82) is 0 Å². The van der Waals surface area contributed by atoms with Gasteiger partial charge in [-0.15, -0.1) is 0 Å². The van der Waals surface area contributed by atoms with Gasteiger partial charge in [0.2, 0.25) is 0 Å². The van der Waals surface area contributed by atoms with Gasteiger partial charge in [-0.25, -0.2) is 0 Å². The van der Waals surface area contributed by atoms with Crippen LogP contribution < -0.4 is 5.32 Å². The van der Waals surface area contributed by atoms with Crippen LogP contribution in [-0.2, 0) is 24.2 Å². The van der Waals surface area contributed by atoms with E-state index in [1.807, 2.05) is 12.1 Å². The highest BCUT2D eigenvalue weighted by Crippen LogP contribution is 2.19. The number of hydrogen-bond donors (Lipinski definition) is 2. The lowest BCUT2D eigenvalue weighted by Gasteiger charge is -2.20. The van der Waals surface area contributed by atoms with E-state index in [0.717, 1.165) is 19.5 Å². The fraction of sp³-hybridized carbons (Fsp3) is 0.417. The van der Waals surface area contributed by atoms with Crippen LogP contribution in [-0.4, -0.2) is 17.6 Å². The zero-order chi connectivity index (χ0) is 10.7. The number of rotatable bonds is 3. The summed E-state index contributed by atoms with van der Waals surface area (Å²) in [7, 11) is 0. The average molecular weight is 205 g/mol. The van der Waals surface area contributed by atoms with E-state index in [1.165, 1.54) is 16.7 Å². The number of fused-ring (bicyclic) bond motifs is 1. The van der Waals surface area contributed by atoms with E-state index in [2.05, 4.69) is 11.4 Å². The van der Waals surface area contributed by atoms with Gasteiger partial charge in [-0.2, -0.15) is 0 Å². The van der Waals surface area contributed by atoms with Crippen LogP contribution in [0.2, 0.25) is 0 Å². The van der Waals surface area contributed by atoms with Crippen molar-refractivity contribution >= 4 is 5.97 Å². The predicted molar refractivity (Wildman–Crippen MR) is 57.8 cm³/mol. The molecular formula is C12H15NO2. The molecule has 0 saturated carbocycles. The van der Waals surface area contributed by atoms with Crippen LogP contribution >= 0.6 is 0 Å². The van der Waals surface area contributed by atoms with E-state index in [4.69, 9.17) is 5.11 Å². The molecule has 0 saturated heterocycles. The summed E-state index contributed by atoms with van der Waals surface area (Å²) in [6.45, 7) is 1.90. The number of hydrogen-bond acceptors (Lipinski definition) is 2. The monoisotopic (exact) mass is 205 g/mol. The number of aryl methyl sites for hydroxylation is 1. The Balaban J connectivity index is 2.19. The van der Waals surface area contributed by atoms with Crippen LogP contribution in [0.5, 0.6) is 0 Å². The zero-order valence-corrected chi connectivity index (χ0v) is 8.62. The molecule has 0 radical (unpaired) electrons. The number of benzene rings is 1. The smallest absolute Gasteiger partial charge is 0.303 e. The molecule has 0 aromatic heterocycles. The molecule has 0 fully saturated rings. The van der Waals surface area contributed by atoms with Crippen LogP contribution in [0.4, 0.5) is 0 Å². The Bertz CT molecular complexity index is 374. The summed E-state index contributed by atoms with van der Waals surface area (Å²) >= 11 is 0. The zero-order valence-electron chi connectivity index (χ0n) is 8.62. The highest BCUT2D eigenvalue weighted by atomic mass is 16.4. The minimum Gasteiger partial charge on any atom is -0.481 e. The number of carboxylic acid groups (broad SMARTS) is 1. The summed E-state index contributed by atoms with van der Waals surface area (Å²) in [6, 6.07) is 6.20. The fourth-order valence-electron chi connectivity index (χ4n) is 2.06. The lowest BCUT2D eigenvalue weighted by atomic mass is 9.94. The molecule has 0 bridgehead atoms.